The second-order valence-corrected chi connectivity index (χ2v) is 4.88. The van der Waals surface area contributed by atoms with Crippen LogP contribution in [0.2, 0.25) is 0 Å². The summed E-state index contributed by atoms with van der Waals surface area (Å²) in [6.07, 6.45) is 0. The molecule has 0 aliphatic rings. The van der Waals surface area contributed by atoms with Crippen molar-refractivity contribution in [2.24, 2.45) is 0 Å². The minimum Gasteiger partial charge on any atom is -0.282 e. The fourth-order valence-corrected chi connectivity index (χ4v) is 2.17. The summed E-state index contributed by atoms with van der Waals surface area (Å²) >= 11 is 0.617. The van der Waals surface area contributed by atoms with Crippen molar-refractivity contribution >= 4 is 22.2 Å². The lowest BCUT2D eigenvalue weighted by atomic mass is 10.2. The first kappa shape index (κ1) is 12.4. The summed E-state index contributed by atoms with van der Waals surface area (Å²) in [6.45, 7) is 1.65. The molecule has 6 nitrogen and oxygen atoms in total. The molecule has 0 saturated heterocycles. The van der Waals surface area contributed by atoms with Crippen molar-refractivity contribution < 1.29 is 27.6 Å². The molecule has 0 radical (unpaired) electrons. The highest BCUT2D eigenvalue weighted by Gasteiger charge is 2.11. The van der Waals surface area contributed by atoms with Crippen LogP contribution in [-0.2, 0) is 19.5 Å². The van der Waals surface area contributed by atoms with Gasteiger partial charge in [-0.2, -0.15) is 8.42 Å². The van der Waals surface area contributed by atoms with Crippen LogP contribution in [0.15, 0.2) is 28.0 Å². The first-order valence-electron chi connectivity index (χ1n) is 3.67. The van der Waals surface area contributed by atoms with E-state index in [0.29, 0.717) is 22.5 Å². The van der Waals surface area contributed by atoms with Gasteiger partial charge in [-0.1, -0.05) is 5.04 Å². The van der Waals surface area contributed by atoms with Crippen LogP contribution in [0.3, 0.4) is 0 Å². The Kier molecular flexibility index (Phi) is 4.08. The normalized spacial score (nSPS) is 11.7. The summed E-state index contributed by atoms with van der Waals surface area (Å²) in [5.74, 6) is 0. The van der Waals surface area contributed by atoms with Crippen LogP contribution in [-0.4, -0.2) is 18.2 Å². The van der Waals surface area contributed by atoms with Crippen LogP contribution in [0.25, 0.3) is 0 Å². The second-order valence-electron chi connectivity index (χ2n) is 2.68. The molecule has 0 bridgehead atoms. The number of benzene rings is 1. The lowest BCUT2D eigenvalue weighted by molar-refractivity contribution is -0.432. The third-order valence-corrected chi connectivity index (χ3v) is 2.87. The molecule has 0 amide bonds. The molecule has 0 aromatic heterocycles. The van der Waals surface area contributed by atoms with E-state index >= 15 is 0 Å². The van der Waals surface area contributed by atoms with Crippen molar-refractivity contribution in [3.8, 4) is 0 Å². The second kappa shape index (κ2) is 4.92. The van der Waals surface area contributed by atoms with Crippen LogP contribution in [0.4, 0.5) is 0 Å². The molecule has 0 saturated carbocycles. The smallest absolute Gasteiger partial charge is 0.282 e. The molecular weight excluding hydrogens is 244 g/mol. The zero-order valence-corrected chi connectivity index (χ0v) is 9.21. The van der Waals surface area contributed by atoms with E-state index in [1.807, 2.05) is 0 Å². The number of aryl methyl sites for hydroxylation is 1. The Labute approximate surface area is 90.6 Å². The zero-order chi connectivity index (χ0) is 11.5. The van der Waals surface area contributed by atoms with Crippen LogP contribution in [0, 0.1) is 6.92 Å². The molecule has 0 unspecified atom stereocenters. The highest BCUT2D eigenvalue weighted by Crippen LogP contribution is 2.24. The van der Waals surface area contributed by atoms with E-state index in [2.05, 4.69) is 9.37 Å². The van der Waals surface area contributed by atoms with E-state index < -0.39 is 10.1 Å². The number of rotatable bonds is 4. The average molecular weight is 252 g/mol. The van der Waals surface area contributed by atoms with Gasteiger partial charge in [-0.25, -0.2) is 5.26 Å². The minimum atomic E-state index is -4.25. The molecule has 1 rings (SSSR count). The van der Waals surface area contributed by atoms with Gasteiger partial charge in [-0.05, 0) is 30.7 Å². The predicted octanol–water partition coefficient (Wildman–Crippen LogP) is 1.67. The molecule has 0 atom stereocenters. The molecule has 84 valence electrons. The Bertz CT molecular complexity index is 441. The molecule has 0 spiro atoms. The third-order valence-electron chi connectivity index (χ3n) is 1.48. The molecule has 0 aliphatic carbocycles. The molecule has 15 heavy (non-hydrogen) atoms. The minimum absolute atomic E-state index is 0.244. The first-order valence-corrected chi connectivity index (χ1v) is 5.85. The Morgan fingerprint density at radius 3 is 2.53 bits per heavy atom. The molecule has 1 aromatic carbocycles. The van der Waals surface area contributed by atoms with E-state index in [-0.39, 0.29) is 4.90 Å². The SMILES string of the molecule is Cc1cc(SOOO)cc(S(=O)(=O)O)c1. The quantitative estimate of drug-likeness (QED) is 0.364. The average Bonchev–Trinajstić information content (AvgIpc) is 2.12. The summed E-state index contributed by atoms with van der Waals surface area (Å²) in [5.41, 5.74) is 0.620. The van der Waals surface area contributed by atoms with Gasteiger partial charge in [0, 0.05) is 4.90 Å². The summed E-state index contributed by atoms with van der Waals surface area (Å²) in [4.78, 5) is 0.128. The molecule has 2 N–H and O–H groups in total. The summed E-state index contributed by atoms with van der Waals surface area (Å²) in [5, 5.41) is 11.3. The predicted molar refractivity (Wildman–Crippen MR) is 51.6 cm³/mol. The fourth-order valence-electron chi connectivity index (χ4n) is 0.966. The van der Waals surface area contributed by atoms with E-state index in [4.69, 9.17) is 9.81 Å². The van der Waals surface area contributed by atoms with Crippen LogP contribution in [0.1, 0.15) is 5.56 Å². The maximum absolute atomic E-state index is 10.8. The topological polar surface area (TPSA) is 93.1 Å². The van der Waals surface area contributed by atoms with Gasteiger partial charge >= 0.3 is 0 Å². The van der Waals surface area contributed by atoms with Gasteiger partial charge in [0.15, 0.2) is 0 Å². The standard InChI is InChI=1S/C7H8O6S2/c1-5-2-6(14-13-12-8)4-7(3-5)15(9,10)11/h2-4,8H,1H3,(H,9,10,11). The van der Waals surface area contributed by atoms with Crippen LogP contribution < -0.4 is 0 Å². The monoisotopic (exact) mass is 252 g/mol. The van der Waals surface area contributed by atoms with Gasteiger partial charge in [0.25, 0.3) is 10.1 Å². The zero-order valence-electron chi connectivity index (χ0n) is 7.58. The molecule has 0 heterocycles. The molecule has 0 fully saturated rings. The molecule has 1 aromatic rings. The van der Waals surface area contributed by atoms with Gasteiger partial charge in [-0.3, -0.25) is 4.55 Å². The molecular formula is C7H8O6S2. The van der Waals surface area contributed by atoms with Gasteiger partial charge < -0.3 is 0 Å². The van der Waals surface area contributed by atoms with Crippen molar-refractivity contribution in [1.82, 2.24) is 0 Å². The van der Waals surface area contributed by atoms with E-state index in [9.17, 15) is 8.42 Å². The summed E-state index contributed by atoms with van der Waals surface area (Å²) in [7, 11) is -4.25. The lowest BCUT2D eigenvalue weighted by Gasteiger charge is -2.03. The van der Waals surface area contributed by atoms with Gasteiger partial charge in [-0.15, -0.1) is 4.33 Å². The van der Waals surface area contributed by atoms with Crippen LogP contribution in [0.5, 0.6) is 0 Å². The Hall–Kier alpha value is -0.640. The fraction of sp³-hybridized carbons (Fsp3) is 0.143. The van der Waals surface area contributed by atoms with Gasteiger partial charge in [0.05, 0.1) is 16.9 Å². The van der Waals surface area contributed by atoms with E-state index in [1.54, 1.807) is 13.0 Å². The largest absolute Gasteiger partial charge is 0.294 e. The van der Waals surface area contributed by atoms with Crippen molar-refractivity contribution in [2.75, 3.05) is 0 Å². The van der Waals surface area contributed by atoms with Gasteiger partial charge in [0.2, 0.25) is 0 Å². The van der Waals surface area contributed by atoms with Crippen molar-refractivity contribution in [1.29, 1.82) is 0 Å². The third kappa shape index (κ3) is 3.78. The lowest BCUT2D eigenvalue weighted by Crippen LogP contribution is -1.98. The number of hydrogen-bond donors (Lipinski definition) is 2. The van der Waals surface area contributed by atoms with Crippen molar-refractivity contribution in [3.05, 3.63) is 23.8 Å². The molecule has 8 heteroatoms. The van der Waals surface area contributed by atoms with E-state index in [0.717, 1.165) is 0 Å². The Balaban J connectivity index is 3.06. The van der Waals surface area contributed by atoms with Crippen molar-refractivity contribution in [2.45, 2.75) is 16.7 Å². The Morgan fingerprint density at radius 1 is 1.33 bits per heavy atom. The highest BCUT2D eigenvalue weighted by molar-refractivity contribution is 7.94. The van der Waals surface area contributed by atoms with Crippen LogP contribution >= 0.6 is 12.0 Å². The summed E-state index contributed by atoms with van der Waals surface area (Å²) < 4.78 is 34.6. The van der Waals surface area contributed by atoms with Crippen molar-refractivity contribution in [3.63, 3.8) is 0 Å². The summed E-state index contributed by atoms with van der Waals surface area (Å²) in [6, 6.07) is 4.09. The highest BCUT2D eigenvalue weighted by atomic mass is 32.2. The van der Waals surface area contributed by atoms with E-state index in [1.165, 1.54) is 12.1 Å². The molecule has 0 aliphatic heterocycles. The Morgan fingerprint density at radius 2 is 2.00 bits per heavy atom. The van der Waals surface area contributed by atoms with Gasteiger partial charge in [0.1, 0.15) is 0 Å². The maximum Gasteiger partial charge on any atom is 0.294 e. The number of hydrogen-bond acceptors (Lipinski definition) is 6. The first-order chi connectivity index (χ1) is 6.93. The maximum atomic E-state index is 10.8.